The maximum atomic E-state index is 5.17. The van der Waals surface area contributed by atoms with Gasteiger partial charge in [-0.3, -0.25) is 4.98 Å². The lowest BCUT2D eigenvalue weighted by molar-refractivity contribution is 0.170. The number of rotatable bonds is 4. The summed E-state index contributed by atoms with van der Waals surface area (Å²) in [6, 6.07) is 10.5. The van der Waals surface area contributed by atoms with Crippen molar-refractivity contribution in [3.05, 3.63) is 42.1 Å². The number of nitrogens with zero attached hydrogens (tertiary/aromatic N) is 1. The zero-order chi connectivity index (χ0) is 11.4. The maximum absolute atomic E-state index is 5.17. The number of benzene rings is 1. The molecule has 0 amide bonds. The van der Waals surface area contributed by atoms with Crippen LogP contribution in [-0.2, 0) is 4.74 Å². The number of para-hydroxylation sites is 1. The normalized spacial score (nSPS) is 12.9. The van der Waals surface area contributed by atoms with E-state index in [1.165, 1.54) is 0 Å². The quantitative estimate of drug-likeness (QED) is 0.850. The van der Waals surface area contributed by atoms with Crippen molar-refractivity contribution < 1.29 is 4.74 Å². The van der Waals surface area contributed by atoms with E-state index in [2.05, 4.69) is 22.4 Å². The Bertz CT molecular complexity index is 470. The Kier molecular flexibility index (Phi) is 3.49. The lowest BCUT2D eigenvalue weighted by atomic mass is 10.1. The molecule has 3 heteroatoms. The third-order valence-electron chi connectivity index (χ3n) is 2.70. The summed E-state index contributed by atoms with van der Waals surface area (Å²) in [5, 5.41) is 4.38. The first-order valence-corrected chi connectivity index (χ1v) is 5.36. The first kappa shape index (κ1) is 11.0. The predicted octanol–water partition coefficient (Wildman–Crippen LogP) is 2.14. The van der Waals surface area contributed by atoms with Gasteiger partial charge in [0.2, 0.25) is 0 Å². The van der Waals surface area contributed by atoms with E-state index in [1.807, 2.05) is 31.4 Å². The molecule has 0 spiro atoms. The minimum Gasteiger partial charge on any atom is -0.383 e. The van der Waals surface area contributed by atoms with Gasteiger partial charge in [0.15, 0.2) is 0 Å². The van der Waals surface area contributed by atoms with E-state index in [0.717, 1.165) is 16.5 Å². The van der Waals surface area contributed by atoms with Crippen molar-refractivity contribution in [2.75, 3.05) is 20.8 Å². The largest absolute Gasteiger partial charge is 0.383 e. The Labute approximate surface area is 95.5 Å². The van der Waals surface area contributed by atoms with Crippen molar-refractivity contribution in [2.45, 2.75) is 6.04 Å². The zero-order valence-corrected chi connectivity index (χ0v) is 9.60. The summed E-state index contributed by atoms with van der Waals surface area (Å²) in [7, 11) is 3.64. The summed E-state index contributed by atoms with van der Waals surface area (Å²) in [6.45, 7) is 0.649. The molecule has 0 saturated heterocycles. The van der Waals surface area contributed by atoms with E-state index in [9.17, 15) is 0 Å². The van der Waals surface area contributed by atoms with E-state index in [4.69, 9.17) is 4.74 Å². The molecule has 1 heterocycles. The highest BCUT2D eigenvalue weighted by molar-refractivity contribution is 5.78. The van der Waals surface area contributed by atoms with Crippen LogP contribution in [0.4, 0.5) is 0 Å². The molecular formula is C13H16N2O. The van der Waals surface area contributed by atoms with Crippen LogP contribution in [-0.4, -0.2) is 25.7 Å². The molecule has 3 nitrogen and oxygen atoms in total. The number of nitrogens with one attached hydrogen (secondary N) is 1. The van der Waals surface area contributed by atoms with E-state index in [1.54, 1.807) is 7.11 Å². The molecule has 1 unspecified atom stereocenters. The lowest BCUT2D eigenvalue weighted by Crippen LogP contribution is -2.21. The second kappa shape index (κ2) is 5.05. The zero-order valence-electron chi connectivity index (χ0n) is 9.60. The van der Waals surface area contributed by atoms with Gasteiger partial charge in [-0.1, -0.05) is 18.2 Å². The first-order chi connectivity index (χ1) is 7.85. The molecule has 0 saturated carbocycles. The molecule has 0 aliphatic heterocycles. The summed E-state index contributed by atoms with van der Waals surface area (Å²) in [5.41, 5.74) is 2.18. The summed E-state index contributed by atoms with van der Waals surface area (Å²) in [4.78, 5) is 4.44. The predicted molar refractivity (Wildman–Crippen MR) is 65.4 cm³/mol. The van der Waals surface area contributed by atoms with E-state index in [-0.39, 0.29) is 6.04 Å². The summed E-state index contributed by atoms with van der Waals surface area (Å²) in [6.07, 6.45) is 1.91. The lowest BCUT2D eigenvalue weighted by Gasteiger charge is -2.15. The van der Waals surface area contributed by atoms with Crippen molar-refractivity contribution >= 4 is 10.9 Å². The molecule has 16 heavy (non-hydrogen) atoms. The molecule has 1 N–H and O–H groups in total. The van der Waals surface area contributed by atoms with Gasteiger partial charge in [-0.05, 0) is 24.7 Å². The molecule has 1 aromatic carbocycles. The highest BCUT2D eigenvalue weighted by Crippen LogP contribution is 2.18. The number of methoxy groups -OCH3 is 1. The Hall–Kier alpha value is -1.45. The Morgan fingerprint density at radius 1 is 1.38 bits per heavy atom. The number of hydrogen-bond donors (Lipinski definition) is 1. The van der Waals surface area contributed by atoms with Gasteiger partial charge in [0, 0.05) is 18.7 Å². The van der Waals surface area contributed by atoms with E-state index in [0.29, 0.717) is 6.61 Å². The molecule has 0 aliphatic rings. The smallest absolute Gasteiger partial charge is 0.0702 e. The molecular weight excluding hydrogens is 200 g/mol. The molecule has 84 valence electrons. The molecule has 2 rings (SSSR count). The third kappa shape index (κ3) is 2.21. The molecule has 0 radical (unpaired) electrons. The van der Waals surface area contributed by atoms with Gasteiger partial charge in [0.25, 0.3) is 0 Å². The average Bonchev–Trinajstić information content (AvgIpc) is 2.35. The molecule has 0 fully saturated rings. The van der Waals surface area contributed by atoms with Crippen molar-refractivity contribution in [2.24, 2.45) is 0 Å². The van der Waals surface area contributed by atoms with Crippen LogP contribution in [0.15, 0.2) is 36.5 Å². The van der Waals surface area contributed by atoms with E-state index >= 15 is 0 Å². The van der Waals surface area contributed by atoms with Crippen LogP contribution >= 0.6 is 0 Å². The SMILES string of the molecule is CNC(COC)c1cnc2ccccc2c1. The standard InChI is InChI=1S/C13H16N2O/c1-14-13(9-16-2)11-7-10-5-3-4-6-12(10)15-8-11/h3-8,13-14H,9H2,1-2H3. The average molecular weight is 216 g/mol. The molecule has 0 aliphatic carbocycles. The number of likely N-dealkylation sites (N-methyl/N-ethyl adjacent to an activating group) is 1. The first-order valence-electron chi connectivity index (χ1n) is 5.36. The summed E-state index contributed by atoms with van der Waals surface area (Å²) >= 11 is 0. The van der Waals surface area contributed by atoms with Crippen LogP contribution in [0.1, 0.15) is 11.6 Å². The van der Waals surface area contributed by atoms with Gasteiger partial charge in [-0.15, -0.1) is 0 Å². The van der Waals surface area contributed by atoms with Crippen molar-refractivity contribution in [1.29, 1.82) is 0 Å². The maximum Gasteiger partial charge on any atom is 0.0702 e. The van der Waals surface area contributed by atoms with Crippen LogP contribution in [0.2, 0.25) is 0 Å². The van der Waals surface area contributed by atoms with E-state index < -0.39 is 0 Å². The minimum absolute atomic E-state index is 0.196. The fraction of sp³-hybridized carbons (Fsp3) is 0.308. The third-order valence-corrected chi connectivity index (χ3v) is 2.70. The second-order valence-electron chi connectivity index (χ2n) is 3.76. The number of hydrogen-bond acceptors (Lipinski definition) is 3. The number of pyridine rings is 1. The Morgan fingerprint density at radius 2 is 2.19 bits per heavy atom. The van der Waals surface area contributed by atoms with Gasteiger partial charge in [-0.25, -0.2) is 0 Å². The van der Waals surface area contributed by atoms with Gasteiger partial charge >= 0.3 is 0 Å². The van der Waals surface area contributed by atoms with Gasteiger partial charge < -0.3 is 10.1 Å². The van der Waals surface area contributed by atoms with Gasteiger partial charge in [0.1, 0.15) is 0 Å². The fourth-order valence-corrected chi connectivity index (χ4v) is 1.79. The summed E-state index contributed by atoms with van der Waals surface area (Å²) in [5.74, 6) is 0. The van der Waals surface area contributed by atoms with Gasteiger partial charge in [-0.2, -0.15) is 0 Å². The molecule has 1 aromatic heterocycles. The highest BCUT2D eigenvalue weighted by atomic mass is 16.5. The van der Waals surface area contributed by atoms with Crippen LogP contribution in [0.25, 0.3) is 10.9 Å². The molecule has 2 aromatic rings. The fourth-order valence-electron chi connectivity index (χ4n) is 1.79. The van der Waals surface area contributed by atoms with Crippen LogP contribution in [0.5, 0.6) is 0 Å². The Morgan fingerprint density at radius 3 is 2.94 bits per heavy atom. The van der Waals surface area contributed by atoms with Crippen molar-refractivity contribution in [3.8, 4) is 0 Å². The summed E-state index contributed by atoms with van der Waals surface area (Å²) < 4.78 is 5.17. The number of fused-ring (bicyclic) bond motifs is 1. The monoisotopic (exact) mass is 216 g/mol. The highest BCUT2D eigenvalue weighted by Gasteiger charge is 2.09. The van der Waals surface area contributed by atoms with Crippen LogP contribution < -0.4 is 5.32 Å². The Balaban J connectivity index is 2.37. The number of ether oxygens (including phenoxy) is 1. The van der Waals surface area contributed by atoms with Crippen LogP contribution in [0.3, 0.4) is 0 Å². The molecule has 1 atom stereocenters. The molecule has 0 bridgehead atoms. The van der Waals surface area contributed by atoms with Crippen LogP contribution in [0, 0.1) is 0 Å². The van der Waals surface area contributed by atoms with Crippen molar-refractivity contribution in [1.82, 2.24) is 10.3 Å². The number of aromatic nitrogens is 1. The van der Waals surface area contributed by atoms with Gasteiger partial charge in [0.05, 0.1) is 18.2 Å². The topological polar surface area (TPSA) is 34.1 Å². The minimum atomic E-state index is 0.196. The van der Waals surface area contributed by atoms with Crippen molar-refractivity contribution in [3.63, 3.8) is 0 Å². The second-order valence-corrected chi connectivity index (χ2v) is 3.76.